The molecule has 0 aliphatic rings. The summed E-state index contributed by atoms with van der Waals surface area (Å²) in [6.45, 7) is 0.444. The Labute approximate surface area is 188 Å². The third-order valence-electron chi connectivity index (χ3n) is 4.22. The lowest BCUT2D eigenvalue weighted by molar-refractivity contribution is -0.146. The second-order valence-electron chi connectivity index (χ2n) is 7.06. The summed E-state index contributed by atoms with van der Waals surface area (Å²) in [6.07, 6.45) is -1.96. The molecule has 0 aromatic carbocycles. The monoisotopic (exact) mass is 477 g/mol. The van der Waals surface area contributed by atoms with Gasteiger partial charge in [-0.25, -0.2) is 4.79 Å². The molecule has 0 fully saturated rings. The van der Waals surface area contributed by atoms with Crippen molar-refractivity contribution in [2.24, 2.45) is 11.5 Å². The van der Waals surface area contributed by atoms with Gasteiger partial charge < -0.3 is 53.2 Å². The zero-order valence-electron chi connectivity index (χ0n) is 17.9. The van der Waals surface area contributed by atoms with Crippen LogP contribution in [0.15, 0.2) is 0 Å². The average molecular weight is 477 g/mol. The summed E-state index contributed by atoms with van der Waals surface area (Å²) in [4.78, 5) is 59.1. The maximum absolute atomic E-state index is 12.4. The number of hydrogen-bond donors (Lipinski definition) is 11. The minimum Gasteiger partial charge on any atom is -0.481 e. The number of aliphatic hydroxyl groups is 2. The number of carbonyl (C=O) groups excluding carboxylic acids is 3. The number of amides is 3. The number of aliphatic carboxylic acids is 2. The Bertz CT molecular complexity index is 732. The largest absolute Gasteiger partial charge is 0.481 e. The van der Waals surface area contributed by atoms with Gasteiger partial charge in [-0.05, 0) is 19.8 Å². The first-order valence-corrected chi connectivity index (χ1v) is 9.78. The molecule has 0 saturated carbocycles. The fourth-order valence-electron chi connectivity index (χ4n) is 2.45. The molecule has 0 saturated heterocycles. The van der Waals surface area contributed by atoms with Crippen LogP contribution >= 0.6 is 0 Å². The fourth-order valence-corrected chi connectivity index (χ4v) is 2.45. The second kappa shape index (κ2) is 14.5. The van der Waals surface area contributed by atoms with E-state index in [-0.39, 0.29) is 18.9 Å². The van der Waals surface area contributed by atoms with Crippen LogP contribution in [0.1, 0.15) is 26.2 Å². The number of nitrogens with one attached hydrogen (secondary N) is 5. The number of carboxylic acids is 2. The van der Waals surface area contributed by atoms with Crippen molar-refractivity contribution >= 4 is 35.6 Å². The molecule has 0 bridgehead atoms. The van der Waals surface area contributed by atoms with E-state index >= 15 is 0 Å². The normalized spacial score (nSPS) is 15.2. The molecule has 0 heterocycles. The van der Waals surface area contributed by atoms with Gasteiger partial charge in [-0.1, -0.05) is 0 Å². The molecule has 16 heteroatoms. The lowest BCUT2D eigenvalue weighted by atomic mass is 10.1. The Morgan fingerprint density at radius 3 is 1.97 bits per heavy atom. The van der Waals surface area contributed by atoms with Crippen molar-refractivity contribution in [2.45, 2.75) is 56.5 Å². The van der Waals surface area contributed by atoms with Crippen LogP contribution in [0.2, 0.25) is 0 Å². The quantitative estimate of drug-likeness (QED) is 0.0600. The lowest BCUT2D eigenvalue weighted by Crippen LogP contribution is -2.59. The summed E-state index contributed by atoms with van der Waals surface area (Å²) in [6, 6.07) is -6.21. The van der Waals surface area contributed by atoms with E-state index in [4.69, 9.17) is 27.1 Å². The van der Waals surface area contributed by atoms with Crippen LogP contribution in [-0.2, 0) is 24.0 Å². The van der Waals surface area contributed by atoms with Crippen LogP contribution < -0.4 is 32.7 Å². The first-order valence-electron chi connectivity index (χ1n) is 9.78. The third kappa shape index (κ3) is 11.6. The van der Waals surface area contributed by atoms with E-state index in [2.05, 4.69) is 10.6 Å². The van der Waals surface area contributed by atoms with E-state index in [0.29, 0.717) is 6.42 Å². The first kappa shape index (κ1) is 29.5. The molecule has 0 radical (unpaired) electrons. The Hall–Kier alpha value is -3.50. The summed E-state index contributed by atoms with van der Waals surface area (Å²) in [7, 11) is 0. The van der Waals surface area contributed by atoms with Gasteiger partial charge in [0.1, 0.15) is 12.1 Å². The van der Waals surface area contributed by atoms with Crippen LogP contribution in [0.4, 0.5) is 0 Å². The molecule has 0 rings (SSSR count). The average Bonchev–Trinajstić information content (AvgIpc) is 2.70. The zero-order chi connectivity index (χ0) is 25.7. The van der Waals surface area contributed by atoms with Gasteiger partial charge >= 0.3 is 11.9 Å². The van der Waals surface area contributed by atoms with Crippen molar-refractivity contribution in [3.8, 4) is 0 Å². The number of aliphatic hydroxyl groups excluding tert-OH is 2. The summed E-state index contributed by atoms with van der Waals surface area (Å²) >= 11 is 0. The van der Waals surface area contributed by atoms with Gasteiger partial charge in [-0.15, -0.1) is 0 Å². The van der Waals surface area contributed by atoms with Gasteiger partial charge in [-0.2, -0.15) is 0 Å². The highest BCUT2D eigenvalue weighted by atomic mass is 16.4. The minimum atomic E-state index is -1.77. The van der Waals surface area contributed by atoms with E-state index in [1.807, 2.05) is 10.6 Å². The molecule has 188 valence electrons. The molecule has 0 aromatic rings. The van der Waals surface area contributed by atoms with Gasteiger partial charge in [-0.3, -0.25) is 24.6 Å². The van der Waals surface area contributed by atoms with E-state index in [1.165, 1.54) is 0 Å². The standard InChI is InChI=1S/C17H31N7O9/c1-7(26)12(16(32)33)24-14(30)9(5-11(27)28)22-15(31)10(6-25)23-13(29)8(18)3-2-4-21-17(19)20/h7-10,12,25-26H,2-6,18H2,1H3,(H,22,31)(H,23,29)(H,24,30)(H,27,28)(H,32,33)(H4,19,20,21)/t7-,8+,9+,10+,12+/m1/s1. The number of nitrogens with two attached hydrogens (primary N) is 2. The first-order chi connectivity index (χ1) is 15.3. The molecular weight excluding hydrogens is 446 g/mol. The van der Waals surface area contributed by atoms with Gasteiger partial charge in [0.05, 0.1) is 25.2 Å². The van der Waals surface area contributed by atoms with Gasteiger partial charge in [0.2, 0.25) is 17.7 Å². The van der Waals surface area contributed by atoms with Crippen LogP contribution in [0.25, 0.3) is 0 Å². The molecule has 0 aromatic heterocycles. The van der Waals surface area contributed by atoms with Crippen LogP contribution in [0, 0.1) is 5.41 Å². The van der Waals surface area contributed by atoms with Crippen molar-refractivity contribution in [3.05, 3.63) is 0 Å². The molecular formula is C17H31N7O9. The zero-order valence-corrected chi connectivity index (χ0v) is 17.9. The Balaban J connectivity index is 5.10. The molecule has 0 spiro atoms. The molecule has 16 nitrogen and oxygen atoms in total. The maximum atomic E-state index is 12.4. The Kier molecular flexibility index (Phi) is 13.0. The fraction of sp³-hybridized carbons (Fsp3) is 0.647. The van der Waals surface area contributed by atoms with E-state index in [9.17, 15) is 34.2 Å². The van der Waals surface area contributed by atoms with Crippen LogP contribution in [0.5, 0.6) is 0 Å². The number of hydrogen-bond acceptors (Lipinski definition) is 9. The van der Waals surface area contributed by atoms with Gasteiger partial charge in [0.25, 0.3) is 0 Å². The van der Waals surface area contributed by atoms with Crippen molar-refractivity contribution < 1.29 is 44.4 Å². The predicted molar refractivity (Wildman–Crippen MR) is 112 cm³/mol. The molecule has 0 unspecified atom stereocenters. The summed E-state index contributed by atoms with van der Waals surface area (Å²) < 4.78 is 0. The highest BCUT2D eigenvalue weighted by molar-refractivity contribution is 5.95. The summed E-state index contributed by atoms with van der Waals surface area (Å²) in [5.74, 6) is -6.50. The number of carbonyl (C=O) groups is 5. The van der Waals surface area contributed by atoms with Crippen molar-refractivity contribution in [2.75, 3.05) is 13.2 Å². The Morgan fingerprint density at radius 2 is 1.52 bits per heavy atom. The second-order valence-corrected chi connectivity index (χ2v) is 7.06. The predicted octanol–water partition coefficient (Wildman–Crippen LogP) is -5.04. The van der Waals surface area contributed by atoms with E-state index < -0.39 is 73.0 Å². The molecule has 13 N–H and O–H groups in total. The topological polar surface area (TPSA) is 290 Å². The number of carboxylic acid groups (broad SMARTS) is 2. The van der Waals surface area contributed by atoms with Crippen molar-refractivity contribution in [3.63, 3.8) is 0 Å². The molecule has 33 heavy (non-hydrogen) atoms. The number of guanidine groups is 1. The van der Waals surface area contributed by atoms with E-state index in [1.54, 1.807) is 0 Å². The molecule has 0 aliphatic heterocycles. The highest BCUT2D eigenvalue weighted by Crippen LogP contribution is 2.01. The SMILES string of the molecule is C[C@@H](O)[C@H](NC(=O)[C@H](CC(=O)O)NC(=O)[C@H](CO)NC(=O)[C@@H](N)CCCNC(=N)N)C(=O)O. The van der Waals surface area contributed by atoms with Gasteiger partial charge in [0, 0.05) is 6.54 Å². The third-order valence-corrected chi connectivity index (χ3v) is 4.22. The number of rotatable bonds is 15. The summed E-state index contributed by atoms with van der Waals surface area (Å²) in [5.41, 5.74) is 10.8. The summed E-state index contributed by atoms with van der Waals surface area (Å²) in [5, 5.41) is 52.5. The molecule has 0 aliphatic carbocycles. The van der Waals surface area contributed by atoms with Gasteiger partial charge in [0.15, 0.2) is 12.0 Å². The minimum absolute atomic E-state index is 0.145. The highest BCUT2D eigenvalue weighted by Gasteiger charge is 2.32. The smallest absolute Gasteiger partial charge is 0.328 e. The van der Waals surface area contributed by atoms with Crippen LogP contribution in [-0.4, -0.2) is 99.5 Å². The van der Waals surface area contributed by atoms with E-state index in [0.717, 1.165) is 6.92 Å². The Morgan fingerprint density at radius 1 is 0.970 bits per heavy atom. The maximum Gasteiger partial charge on any atom is 0.328 e. The molecule has 3 amide bonds. The molecule has 5 atom stereocenters. The lowest BCUT2D eigenvalue weighted by Gasteiger charge is -2.24. The van der Waals surface area contributed by atoms with Crippen LogP contribution in [0.3, 0.4) is 0 Å². The van der Waals surface area contributed by atoms with Crippen molar-refractivity contribution in [1.82, 2.24) is 21.3 Å². The van der Waals surface area contributed by atoms with Crippen molar-refractivity contribution in [1.29, 1.82) is 5.41 Å².